The van der Waals surface area contributed by atoms with E-state index in [1.54, 1.807) is 12.4 Å². The average molecular weight is 454 g/mol. The molecule has 34 heavy (non-hydrogen) atoms. The number of fused-ring (bicyclic) bond motifs is 2. The highest BCUT2D eigenvalue weighted by atomic mass is 16.5. The van der Waals surface area contributed by atoms with Crippen molar-refractivity contribution in [2.24, 2.45) is 0 Å². The Morgan fingerprint density at radius 1 is 1.06 bits per heavy atom. The topological polar surface area (TPSA) is 94.9 Å². The zero-order valence-electron chi connectivity index (χ0n) is 18.4. The van der Waals surface area contributed by atoms with Gasteiger partial charge in [0.25, 0.3) is 5.91 Å². The van der Waals surface area contributed by atoms with Gasteiger partial charge >= 0.3 is 0 Å². The number of nitrogens with zero attached hydrogens (tertiary/aromatic N) is 3. The first-order valence-electron chi connectivity index (χ1n) is 11.2. The smallest absolute Gasteiger partial charge is 0.254 e. The summed E-state index contributed by atoms with van der Waals surface area (Å²) >= 11 is 0. The molecular weight excluding hydrogens is 430 g/mol. The van der Waals surface area contributed by atoms with Crippen LogP contribution in [0.15, 0.2) is 73.2 Å². The normalized spacial score (nSPS) is 14.1. The van der Waals surface area contributed by atoms with Gasteiger partial charge in [0, 0.05) is 53.7 Å². The summed E-state index contributed by atoms with van der Waals surface area (Å²) in [7, 11) is 0. The van der Waals surface area contributed by atoms with E-state index in [-0.39, 0.29) is 11.8 Å². The van der Waals surface area contributed by atoms with E-state index in [0.29, 0.717) is 31.9 Å². The Kier molecular flexibility index (Phi) is 4.92. The van der Waals surface area contributed by atoms with Crippen molar-refractivity contribution in [3.63, 3.8) is 0 Å². The summed E-state index contributed by atoms with van der Waals surface area (Å²) in [6, 6.07) is 17.5. The average Bonchev–Trinajstić information content (AvgIpc) is 3.52. The summed E-state index contributed by atoms with van der Waals surface area (Å²) in [5, 5.41) is 15.1. The quantitative estimate of drug-likeness (QED) is 0.375. The number of nitrogens with one attached hydrogen (secondary N) is 2. The summed E-state index contributed by atoms with van der Waals surface area (Å²) < 4.78 is 7.37. The van der Waals surface area contributed by atoms with Crippen molar-refractivity contribution < 1.29 is 14.6 Å². The summed E-state index contributed by atoms with van der Waals surface area (Å²) in [5.41, 5.74) is 5.21. The molecule has 3 aromatic heterocycles. The van der Waals surface area contributed by atoms with Crippen LogP contribution in [0, 0.1) is 0 Å². The standard InChI is InChI=1S/C26H23N5O3/c32-25-21-6-3-18(15-19(21)16-28-25)23-8-7-22(24-27-9-10-31(23)24)29-20-4-1-17(2-5-20)26(33)30-11-13-34-14-12-30/h1-10,15-16,28-29,32H,11-14H2. The molecule has 0 aliphatic carbocycles. The van der Waals surface area contributed by atoms with Crippen LogP contribution >= 0.6 is 0 Å². The lowest BCUT2D eigenvalue weighted by molar-refractivity contribution is 0.0303. The Bertz CT molecular complexity index is 1500. The first-order valence-corrected chi connectivity index (χ1v) is 11.2. The van der Waals surface area contributed by atoms with E-state index < -0.39 is 0 Å². The zero-order valence-corrected chi connectivity index (χ0v) is 18.4. The lowest BCUT2D eigenvalue weighted by atomic mass is 10.1. The molecule has 1 aliphatic heterocycles. The number of amides is 1. The molecule has 170 valence electrons. The van der Waals surface area contributed by atoms with E-state index in [2.05, 4.69) is 15.3 Å². The van der Waals surface area contributed by atoms with Crippen molar-refractivity contribution in [1.29, 1.82) is 0 Å². The number of morpholine rings is 1. The molecule has 6 rings (SSSR count). The minimum atomic E-state index is 0.0301. The van der Waals surface area contributed by atoms with Crippen LogP contribution in [0.3, 0.4) is 0 Å². The van der Waals surface area contributed by atoms with Crippen LogP contribution in [0.5, 0.6) is 5.88 Å². The number of anilines is 2. The lowest BCUT2D eigenvalue weighted by Crippen LogP contribution is -2.40. The number of aromatic hydroxyl groups is 1. The number of benzene rings is 2. The SMILES string of the molecule is O=C(c1ccc(Nc2ccc(-c3ccc4c(O)[nH]cc4c3)n3ccnc23)cc1)N1CCOCC1. The second kappa shape index (κ2) is 8.24. The van der Waals surface area contributed by atoms with Crippen molar-refractivity contribution in [3.05, 3.63) is 78.8 Å². The number of pyridine rings is 1. The highest BCUT2D eigenvalue weighted by Gasteiger charge is 2.18. The molecule has 4 heterocycles. The van der Waals surface area contributed by atoms with Gasteiger partial charge in [0.2, 0.25) is 0 Å². The fourth-order valence-corrected chi connectivity index (χ4v) is 4.43. The highest BCUT2D eigenvalue weighted by Crippen LogP contribution is 2.31. The second-order valence-corrected chi connectivity index (χ2v) is 8.30. The number of ether oxygens (including phenoxy) is 1. The van der Waals surface area contributed by atoms with Crippen LogP contribution < -0.4 is 5.32 Å². The van der Waals surface area contributed by atoms with Gasteiger partial charge in [0.1, 0.15) is 0 Å². The number of carbonyl (C=O) groups is 1. The largest absolute Gasteiger partial charge is 0.494 e. The number of rotatable bonds is 4. The van der Waals surface area contributed by atoms with Gasteiger partial charge in [-0.3, -0.25) is 9.20 Å². The minimum Gasteiger partial charge on any atom is -0.494 e. The van der Waals surface area contributed by atoms with Gasteiger partial charge in [0.15, 0.2) is 11.5 Å². The van der Waals surface area contributed by atoms with Crippen molar-refractivity contribution >= 4 is 33.7 Å². The Labute approximate surface area is 195 Å². The Morgan fingerprint density at radius 2 is 1.88 bits per heavy atom. The van der Waals surface area contributed by atoms with Crippen LogP contribution in [-0.2, 0) is 4.74 Å². The fraction of sp³-hybridized carbons (Fsp3) is 0.154. The first kappa shape index (κ1) is 20.3. The molecule has 0 atom stereocenters. The predicted molar refractivity (Wildman–Crippen MR) is 131 cm³/mol. The molecule has 0 saturated carbocycles. The number of H-pyrrole nitrogens is 1. The Balaban J connectivity index is 1.27. The third-order valence-electron chi connectivity index (χ3n) is 6.23. The minimum absolute atomic E-state index is 0.0301. The molecule has 1 aliphatic rings. The molecule has 8 heteroatoms. The number of hydrogen-bond acceptors (Lipinski definition) is 5. The summed E-state index contributed by atoms with van der Waals surface area (Å²) in [6.45, 7) is 2.43. The van der Waals surface area contributed by atoms with Crippen LogP contribution in [-0.4, -0.2) is 56.6 Å². The van der Waals surface area contributed by atoms with Gasteiger partial charge in [-0.25, -0.2) is 4.98 Å². The van der Waals surface area contributed by atoms with Crippen molar-refractivity contribution in [2.75, 3.05) is 31.6 Å². The van der Waals surface area contributed by atoms with Gasteiger partial charge in [-0.05, 0) is 54.1 Å². The summed E-state index contributed by atoms with van der Waals surface area (Å²) in [4.78, 5) is 21.9. The van der Waals surface area contributed by atoms with Crippen LogP contribution in [0.25, 0.3) is 27.7 Å². The number of imidazole rings is 1. The van der Waals surface area contributed by atoms with Gasteiger partial charge in [0.05, 0.1) is 24.6 Å². The Morgan fingerprint density at radius 3 is 2.71 bits per heavy atom. The number of aromatic nitrogens is 3. The van der Waals surface area contributed by atoms with Crippen LogP contribution in [0.2, 0.25) is 0 Å². The maximum atomic E-state index is 12.7. The molecule has 2 aromatic carbocycles. The summed E-state index contributed by atoms with van der Waals surface area (Å²) in [6.07, 6.45) is 5.50. The third-order valence-corrected chi connectivity index (χ3v) is 6.23. The van der Waals surface area contributed by atoms with Crippen molar-refractivity contribution in [1.82, 2.24) is 19.3 Å². The summed E-state index contributed by atoms with van der Waals surface area (Å²) in [5.74, 6) is 0.203. The van der Waals surface area contributed by atoms with E-state index >= 15 is 0 Å². The molecule has 0 unspecified atom stereocenters. The number of carbonyl (C=O) groups excluding carboxylic acids is 1. The van der Waals surface area contributed by atoms with E-state index in [9.17, 15) is 9.90 Å². The molecular formula is C26H23N5O3. The van der Waals surface area contributed by atoms with Crippen LogP contribution in [0.4, 0.5) is 11.4 Å². The van der Waals surface area contributed by atoms with E-state index in [1.165, 1.54) is 0 Å². The maximum Gasteiger partial charge on any atom is 0.254 e. The molecule has 8 nitrogen and oxygen atoms in total. The monoisotopic (exact) mass is 453 g/mol. The predicted octanol–water partition coefficient (Wildman–Crippen LogP) is 4.40. The molecule has 1 amide bonds. The number of aromatic amines is 1. The van der Waals surface area contributed by atoms with E-state index in [4.69, 9.17) is 4.74 Å². The molecule has 5 aromatic rings. The highest BCUT2D eigenvalue weighted by molar-refractivity contribution is 5.95. The zero-order chi connectivity index (χ0) is 23.1. The molecule has 1 saturated heterocycles. The molecule has 1 fully saturated rings. The third kappa shape index (κ3) is 3.54. The van der Waals surface area contributed by atoms with Gasteiger partial charge < -0.3 is 25.0 Å². The number of hydrogen-bond donors (Lipinski definition) is 3. The van der Waals surface area contributed by atoms with Crippen molar-refractivity contribution in [3.8, 4) is 17.1 Å². The van der Waals surface area contributed by atoms with E-state index in [1.807, 2.05) is 70.1 Å². The molecule has 0 spiro atoms. The molecule has 0 bridgehead atoms. The molecule has 0 radical (unpaired) electrons. The second-order valence-electron chi connectivity index (χ2n) is 8.30. The maximum absolute atomic E-state index is 12.7. The first-order chi connectivity index (χ1) is 16.7. The lowest BCUT2D eigenvalue weighted by Gasteiger charge is -2.26. The van der Waals surface area contributed by atoms with Crippen molar-refractivity contribution in [2.45, 2.75) is 0 Å². The van der Waals surface area contributed by atoms with E-state index in [0.717, 1.165) is 39.1 Å². The fourth-order valence-electron chi connectivity index (χ4n) is 4.43. The molecule has 3 N–H and O–H groups in total. The Hall–Kier alpha value is -4.30. The van der Waals surface area contributed by atoms with Gasteiger partial charge in [-0.2, -0.15) is 0 Å². The van der Waals surface area contributed by atoms with Gasteiger partial charge in [-0.1, -0.05) is 6.07 Å². The van der Waals surface area contributed by atoms with Crippen LogP contribution in [0.1, 0.15) is 10.4 Å². The van der Waals surface area contributed by atoms with Gasteiger partial charge in [-0.15, -0.1) is 0 Å².